The van der Waals surface area contributed by atoms with Gasteiger partial charge in [0.25, 0.3) is 0 Å². The first-order valence-corrected chi connectivity index (χ1v) is 7.86. The zero-order chi connectivity index (χ0) is 16.7. The Kier molecular flexibility index (Phi) is 3.41. The molecule has 122 valence electrons. The molecule has 0 saturated carbocycles. The Balaban J connectivity index is 1.85. The molecule has 7 nitrogen and oxygen atoms in total. The highest BCUT2D eigenvalue weighted by molar-refractivity contribution is 5.90. The Morgan fingerprint density at radius 1 is 1.21 bits per heavy atom. The summed E-state index contributed by atoms with van der Waals surface area (Å²) in [6.45, 7) is 0.622. The summed E-state index contributed by atoms with van der Waals surface area (Å²) in [5, 5.41) is 2.77. The number of carbonyl (C=O) groups excluding carboxylic acids is 1. The minimum atomic E-state index is -0.315. The summed E-state index contributed by atoms with van der Waals surface area (Å²) < 4.78 is 1.85. The van der Waals surface area contributed by atoms with E-state index in [0.717, 1.165) is 5.65 Å². The molecule has 0 saturated heterocycles. The molecule has 0 unspecified atom stereocenters. The van der Waals surface area contributed by atoms with Crippen molar-refractivity contribution >= 4 is 22.9 Å². The second-order valence-electron chi connectivity index (χ2n) is 5.96. The molecule has 0 spiro atoms. The molecule has 4 rings (SSSR count). The number of nitrogens with one attached hydrogen (secondary N) is 1. The molecule has 0 fully saturated rings. The van der Waals surface area contributed by atoms with Crippen molar-refractivity contribution in [3.05, 3.63) is 48.0 Å². The van der Waals surface area contributed by atoms with Crippen LogP contribution in [0.15, 0.2) is 36.9 Å². The van der Waals surface area contributed by atoms with Crippen molar-refractivity contribution in [2.75, 3.05) is 11.9 Å². The summed E-state index contributed by atoms with van der Waals surface area (Å²) in [5.74, 6) is 0.677. The van der Waals surface area contributed by atoms with Crippen LogP contribution in [0.4, 0.5) is 5.82 Å². The van der Waals surface area contributed by atoms with E-state index in [2.05, 4.69) is 32.4 Å². The van der Waals surface area contributed by atoms with Crippen LogP contribution in [-0.4, -0.2) is 38.5 Å². The predicted octanol–water partition coefficient (Wildman–Crippen LogP) is 1.04. The molecular weight excluding hydrogens is 304 g/mol. The molecule has 3 heterocycles. The molecule has 3 aromatic rings. The van der Waals surface area contributed by atoms with E-state index in [1.165, 1.54) is 17.5 Å². The number of aryl methyl sites for hydroxylation is 1. The number of benzene rings is 1. The molecule has 7 heteroatoms. The van der Waals surface area contributed by atoms with Gasteiger partial charge in [0.05, 0.1) is 6.33 Å². The number of carbonyl (C=O) groups is 1. The van der Waals surface area contributed by atoms with Gasteiger partial charge in [0.15, 0.2) is 17.0 Å². The highest BCUT2D eigenvalue weighted by Crippen LogP contribution is 2.30. The lowest BCUT2D eigenvalue weighted by Gasteiger charge is -2.36. The lowest BCUT2D eigenvalue weighted by Crippen LogP contribution is -2.50. The van der Waals surface area contributed by atoms with E-state index in [1.807, 2.05) is 28.6 Å². The molecule has 0 bridgehead atoms. The van der Waals surface area contributed by atoms with E-state index >= 15 is 0 Å². The third kappa shape index (κ3) is 2.20. The van der Waals surface area contributed by atoms with E-state index < -0.39 is 0 Å². The summed E-state index contributed by atoms with van der Waals surface area (Å²) >= 11 is 0. The van der Waals surface area contributed by atoms with E-state index in [-0.39, 0.29) is 11.9 Å². The fourth-order valence-electron chi connectivity index (χ4n) is 3.29. The summed E-state index contributed by atoms with van der Waals surface area (Å²) in [6.07, 6.45) is 3.89. The number of fused-ring (bicyclic) bond motifs is 2. The van der Waals surface area contributed by atoms with Crippen LogP contribution >= 0.6 is 0 Å². The monoisotopic (exact) mass is 322 g/mol. The van der Waals surface area contributed by atoms with Crippen LogP contribution in [0.5, 0.6) is 0 Å². The first-order valence-electron chi connectivity index (χ1n) is 7.86. The zero-order valence-electron chi connectivity index (χ0n) is 13.6. The summed E-state index contributed by atoms with van der Waals surface area (Å²) in [7, 11) is 3.56. The Bertz CT molecular complexity index is 918. The minimum absolute atomic E-state index is 0.0211. The normalized spacial score (nSPS) is 16.9. The minimum Gasteiger partial charge on any atom is -0.357 e. The van der Waals surface area contributed by atoms with Gasteiger partial charge in [-0.05, 0) is 11.1 Å². The van der Waals surface area contributed by atoms with Crippen LogP contribution < -0.4 is 10.2 Å². The molecular formula is C17H18N6O. The fraction of sp³-hybridized carbons (Fsp3) is 0.294. The summed E-state index contributed by atoms with van der Waals surface area (Å²) in [5.41, 5.74) is 3.89. The maximum atomic E-state index is 12.5. The van der Waals surface area contributed by atoms with Gasteiger partial charge in [0.1, 0.15) is 12.4 Å². The van der Waals surface area contributed by atoms with Crippen molar-refractivity contribution in [2.45, 2.75) is 19.0 Å². The van der Waals surface area contributed by atoms with Crippen molar-refractivity contribution in [1.82, 2.24) is 24.8 Å². The van der Waals surface area contributed by atoms with Gasteiger partial charge in [-0.25, -0.2) is 15.0 Å². The Morgan fingerprint density at radius 2 is 2.00 bits per heavy atom. The molecule has 1 N–H and O–H groups in total. The van der Waals surface area contributed by atoms with Crippen LogP contribution in [0.3, 0.4) is 0 Å². The number of anilines is 1. The van der Waals surface area contributed by atoms with Crippen molar-refractivity contribution in [3.63, 3.8) is 0 Å². The quantitative estimate of drug-likeness (QED) is 0.763. The zero-order valence-corrected chi connectivity index (χ0v) is 13.6. The number of hydrogen-bond donors (Lipinski definition) is 1. The number of amides is 1. The number of hydrogen-bond acceptors (Lipinski definition) is 5. The molecule has 1 amide bonds. The molecule has 1 atom stereocenters. The second kappa shape index (κ2) is 5.59. The molecule has 2 aromatic heterocycles. The first-order chi connectivity index (χ1) is 11.7. The largest absolute Gasteiger partial charge is 0.357 e. The highest BCUT2D eigenvalue weighted by Gasteiger charge is 2.33. The van der Waals surface area contributed by atoms with Gasteiger partial charge in [0.2, 0.25) is 5.91 Å². The smallest absolute Gasteiger partial charge is 0.242 e. The van der Waals surface area contributed by atoms with Crippen LogP contribution in [0.1, 0.15) is 11.1 Å². The first kappa shape index (κ1) is 14.6. The van der Waals surface area contributed by atoms with E-state index in [1.54, 1.807) is 13.4 Å². The van der Waals surface area contributed by atoms with Crippen molar-refractivity contribution in [3.8, 4) is 0 Å². The van der Waals surface area contributed by atoms with Gasteiger partial charge in [-0.1, -0.05) is 24.3 Å². The lowest BCUT2D eigenvalue weighted by atomic mass is 9.93. The number of aromatic nitrogens is 4. The molecule has 0 aliphatic carbocycles. The maximum Gasteiger partial charge on any atom is 0.242 e. The van der Waals surface area contributed by atoms with Crippen LogP contribution in [0, 0.1) is 0 Å². The maximum absolute atomic E-state index is 12.5. The van der Waals surface area contributed by atoms with Gasteiger partial charge in [-0.2, -0.15) is 0 Å². The van der Waals surface area contributed by atoms with Crippen molar-refractivity contribution < 1.29 is 4.79 Å². The Hall–Kier alpha value is -2.96. The highest BCUT2D eigenvalue weighted by atomic mass is 16.2. The van der Waals surface area contributed by atoms with Crippen LogP contribution in [0.2, 0.25) is 0 Å². The van der Waals surface area contributed by atoms with Gasteiger partial charge in [-0.15, -0.1) is 0 Å². The SMILES string of the molecule is CNC(=O)[C@@H]1Cc2ccccc2CN1c1ncnc2c1ncn2C. The van der Waals surface area contributed by atoms with Gasteiger partial charge in [0, 0.05) is 27.1 Å². The summed E-state index contributed by atoms with van der Waals surface area (Å²) in [4.78, 5) is 27.7. The standard InChI is InChI=1S/C17H18N6O/c1-18-17(24)13-7-11-5-3-4-6-12(11)8-23(13)16-14-15(19-9-20-16)22(2)10-21-14/h3-6,9-10,13H,7-8H2,1-2H3,(H,18,24)/t13-/m0/s1. The van der Waals surface area contributed by atoms with E-state index in [0.29, 0.717) is 24.3 Å². The van der Waals surface area contributed by atoms with Gasteiger partial charge in [-0.3, -0.25) is 4.79 Å². The Morgan fingerprint density at radius 3 is 2.79 bits per heavy atom. The van der Waals surface area contributed by atoms with Gasteiger partial charge >= 0.3 is 0 Å². The van der Waals surface area contributed by atoms with Crippen molar-refractivity contribution in [2.24, 2.45) is 7.05 Å². The third-order valence-corrected chi connectivity index (χ3v) is 4.55. The average molecular weight is 322 g/mol. The third-order valence-electron chi connectivity index (χ3n) is 4.55. The molecule has 1 aliphatic rings. The topological polar surface area (TPSA) is 75.9 Å². The Labute approximate surface area is 139 Å². The molecule has 1 aromatic carbocycles. The molecule has 24 heavy (non-hydrogen) atoms. The van der Waals surface area contributed by atoms with Crippen LogP contribution in [-0.2, 0) is 24.8 Å². The lowest BCUT2D eigenvalue weighted by molar-refractivity contribution is -0.122. The molecule has 0 radical (unpaired) electrons. The summed E-state index contributed by atoms with van der Waals surface area (Å²) in [6, 6.07) is 7.90. The van der Waals surface area contributed by atoms with Gasteiger partial charge < -0.3 is 14.8 Å². The fourth-order valence-corrected chi connectivity index (χ4v) is 3.29. The van der Waals surface area contributed by atoms with Crippen molar-refractivity contribution in [1.29, 1.82) is 0 Å². The number of rotatable bonds is 2. The second-order valence-corrected chi connectivity index (χ2v) is 5.96. The molecule has 1 aliphatic heterocycles. The predicted molar refractivity (Wildman–Crippen MR) is 90.5 cm³/mol. The van der Waals surface area contributed by atoms with E-state index in [4.69, 9.17) is 0 Å². The van der Waals surface area contributed by atoms with E-state index in [9.17, 15) is 4.79 Å². The van der Waals surface area contributed by atoms with Crippen LogP contribution in [0.25, 0.3) is 11.2 Å². The number of nitrogens with zero attached hydrogens (tertiary/aromatic N) is 5. The number of imidazole rings is 1. The number of likely N-dealkylation sites (N-methyl/N-ethyl adjacent to an activating group) is 1. The average Bonchev–Trinajstić information content (AvgIpc) is 3.01.